The van der Waals surface area contributed by atoms with Crippen LogP contribution < -0.4 is 0 Å². The first-order valence-electron chi connectivity index (χ1n) is 14.1. The van der Waals surface area contributed by atoms with Crippen LogP contribution in [0.5, 0.6) is 0 Å². The maximum Gasteiger partial charge on any atom is 0.330 e. The molecule has 0 aliphatic heterocycles. The lowest BCUT2D eigenvalue weighted by Gasteiger charge is -2.65. The van der Waals surface area contributed by atoms with Gasteiger partial charge in [-0.05, 0) is 105 Å². The summed E-state index contributed by atoms with van der Waals surface area (Å²) in [5.41, 5.74) is -0.0978. The van der Waals surface area contributed by atoms with Crippen LogP contribution in [0.3, 0.4) is 0 Å². The highest BCUT2D eigenvalue weighted by atomic mass is 16.4. The van der Waals surface area contributed by atoms with Gasteiger partial charge >= 0.3 is 5.97 Å². The third-order valence-corrected chi connectivity index (χ3v) is 13.3. The number of carbonyl (C=O) groups is 1. The average Bonchev–Trinajstić information content (AvgIpc) is 3.43. The Balaban J connectivity index is 1.44. The fourth-order valence-electron chi connectivity index (χ4n) is 11.2. The van der Waals surface area contributed by atoms with Crippen LogP contribution in [0.4, 0.5) is 0 Å². The van der Waals surface area contributed by atoms with Crippen LogP contribution in [0, 0.1) is 50.7 Å². The predicted molar refractivity (Wildman–Crippen MR) is 135 cm³/mol. The minimum atomic E-state index is -0.860. The number of allylic oxidation sites excluding steroid dienone is 1. The van der Waals surface area contributed by atoms with Gasteiger partial charge in [-0.15, -0.1) is 0 Å². The molecule has 0 amide bonds. The number of aliphatic hydroxyl groups is 3. The number of aliphatic carboxylic acids is 1. The van der Waals surface area contributed by atoms with Crippen molar-refractivity contribution in [2.24, 2.45) is 50.7 Å². The SMILES string of the molecule is CC(=CCC[C@H](C)[C@@H]1C[C@H](O)[C@@]2(C)[C@H]3CC[C@H]4C(C)(C)[C@@H](O)CC[C@]45C[C@]35[C@H](O)C[C@]12C)C(=O)O. The van der Waals surface area contributed by atoms with Gasteiger partial charge in [0.05, 0.1) is 18.3 Å². The molecule has 35 heavy (non-hydrogen) atoms. The Labute approximate surface area is 211 Å². The third-order valence-electron chi connectivity index (χ3n) is 13.3. The number of carboxylic acids is 1. The summed E-state index contributed by atoms with van der Waals surface area (Å²) in [6, 6.07) is 0. The van der Waals surface area contributed by atoms with Crippen LogP contribution in [-0.4, -0.2) is 44.7 Å². The van der Waals surface area contributed by atoms with Crippen LogP contribution in [0.2, 0.25) is 0 Å². The van der Waals surface area contributed by atoms with Gasteiger partial charge in [0.15, 0.2) is 0 Å². The maximum atomic E-state index is 12.0. The van der Waals surface area contributed by atoms with Crippen molar-refractivity contribution in [1.29, 1.82) is 0 Å². The number of fused-ring (bicyclic) bond motifs is 2. The van der Waals surface area contributed by atoms with Crippen LogP contribution in [0.25, 0.3) is 0 Å². The molecule has 2 spiro atoms. The van der Waals surface area contributed by atoms with Crippen LogP contribution in [0.15, 0.2) is 11.6 Å². The van der Waals surface area contributed by atoms with Gasteiger partial charge in [-0.25, -0.2) is 4.79 Å². The summed E-state index contributed by atoms with van der Waals surface area (Å²) in [4.78, 5) is 11.2. The fraction of sp³-hybridized carbons (Fsp3) is 0.900. The Hall–Kier alpha value is -0.910. The molecule has 198 valence electrons. The normalized spacial score (nSPS) is 53.1. The van der Waals surface area contributed by atoms with Crippen molar-refractivity contribution in [3.05, 3.63) is 11.6 Å². The van der Waals surface area contributed by atoms with E-state index in [1.165, 1.54) is 0 Å². The first-order chi connectivity index (χ1) is 16.2. The number of carboxylic acid groups (broad SMARTS) is 1. The molecule has 0 radical (unpaired) electrons. The van der Waals surface area contributed by atoms with Crippen molar-refractivity contribution in [2.45, 2.75) is 118 Å². The summed E-state index contributed by atoms with van der Waals surface area (Å²) in [5.74, 6) is 0.554. The van der Waals surface area contributed by atoms with E-state index in [0.29, 0.717) is 29.2 Å². The lowest BCUT2D eigenvalue weighted by molar-refractivity contribution is -0.218. The Morgan fingerprint density at radius 2 is 1.66 bits per heavy atom. The highest BCUT2D eigenvalue weighted by Crippen LogP contribution is 2.88. The first-order valence-corrected chi connectivity index (χ1v) is 14.1. The van der Waals surface area contributed by atoms with Crippen molar-refractivity contribution < 1.29 is 25.2 Å². The minimum Gasteiger partial charge on any atom is -0.478 e. The van der Waals surface area contributed by atoms with Gasteiger partial charge in [0, 0.05) is 16.4 Å². The van der Waals surface area contributed by atoms with E-state index < -0.39 is 5.97 Å². The van der Waals surface area contributed by atoms with E-state index in [-0.39, 0.29) is 45.4 Å². The van der Waals surface area contributed by atoms with Gasteiger partial charge < -0.3 is 20.4 Å². The Bertz CT molecular complexity index is 926. The zero-order valence-corrected chi connectivity index (χ0v) is 22.7. The molecule has 5 aliphatic carbocycles. The molecule has 5 rings (SSSR count). The average molecular weight is 489 g/mol. The summed E-state index contributed by atoms with van der Waals surface area (Å²) in [7, 11) is 0. The number of hydrogen-bond acceptors (Lipinski definition) is 4. The molecular weight excluding hydrogens is 440 g/mol. The standard InChI is InChI=1S/C30H48O5/c1-17(8-7-9-18(2)25(34)35)19-14-23(32)28(6)21-11-10-20-26(3,4)22(31)12-13-29(20)16-30(21,29)24(33)15-27(19,28)5/h9,17,19-24,31-33H,7-8,10-16H2,1-6H3,(H,34,35)/t17-,19-,20-,21+,22-,23-,24+,27+,28+,29-,30+/m0/s1. The first kappa shape index (κ1) is 25.7. The van der Waals surface area contributed by atoms with Crippen molar-refractivity contribution in [1.82, 2.24) is 0 Å². The molecule has 0 aromatic carbocycles. The molecule has 4 N–H and O–H groups in total. The van der Waals surface area contributed by atoms with Gasteiger partial charge in [-0.3, -0.25) is 0 Å². The Kier molecular flexibility index (Phi) is 5.73. The van der Waals surface area contributed by atoms with Crippen LogP contribution in [-0.2, 0) is 4.79 Å². The van der Waals surface area contributed by atoms with Crippen molar-refractivity contribution >= 4 is 5.97 Å². The topological polar surface area (TPSA) is 98.0 Å². The summed E-state index contributed by atoms with van der Waals surface area (Å²) in [5, 5.41) is 43.7. The van der Waals surface area contributed by atoms with Crippen molar-refractivity contribution in [3.63, 3.8) is 0 Å². The quantitative estimate of drug-likeness (QED) is 0.400. The summed E-state index contributed by atoms with van der Waals surface area (Å²) in [6.07, 6.45) is 8.99. The molecule has 0 aromatic rings. The fourth-order valence-corrected chi connectivity index (χ4v) is 11.2. The number of rotatable bonds is 5. The largest absolute Gasteiger partial charge is 0.478 e. The molecular formula is C30H48O5. The molecule has 5 fully saturated rings. The van der Waals surface area contributed by atoms with Crippen LogP contribution in [0.1, 0.15) is 99.3 Å². The van der Waals surface area contributed by atoms with Gasteiger partial charge in [-0.1, -0.05) is 40.7 Å². The summed E-state index contributed by atoms with van der Waals surface area (Å²) in [6.45, 7) is 13.1. The summed E-state index contributed by atoms with van der Waals surface area (Å²) < 4.78 is 0. The lowest BCUT2D eigenvalue weighted by atomic mass is 9.40. The second kappa shape index (κ2) is 7.80. The van der Waals surface area contributed by atoms with E-state index in [4.69, 9.17) is 0 Å². The molecule has 0 bridgehead atoms. The van der Waals surface area contributed by atoms with Gasteiger partial charge in [-0.2, -0.15) is 0 Å². The molecule has 5 heteroatoms. The zero-order valence-electron chi connectivity index (χ0n) is 22.7. The smallest absolute Gasteiger partial charge is 0.330 e. The maximum absolute atomic E-state index is 12.0. The van der Waals surface area contributed by atoms with Gasteiger partial charge in [0.25, 0.3) is 0 Å². The molecule has 0 heterocycles. The van der Waals surface area contributed by atoms with E-state index in [9.17, 15) is 25.2 Å². The monoisotopic (exact) mass is 488 g/mol. The molecule has 11 atom stereocenters. The van der Waals surface area contributed by atoms with E-state index in [0.717, 1.165) is 57.8 Å². The third kappa shape index (κ3) is 3.01. The lowest BCUT2D eigenvalue weighted by Crippen LogP contribution is -2.63. The predicted octanol–water partition coefficient (Wildman–Crippen LogP) is 5.18. The van der Waals surface area contributed by atoms with E-state index in [2.05, 4.69) is 34.6 Å². The van der Waals surface area contributed by atoms with Crippen molar-refractivity contribution in [2.75, 3.05) is 0 Å². The van der Waals surface area contributed by atoms with E-state index in [1.54, 1.807) is 6.92 Å². The van der Waals surface area contributed by atoms with Crippen LogP contribution >= 0.6 is 0 Å². The molecule has 5 aliphatic rings. The zero-order chi connectivity index (χ0) is 25.8. The number of aliphatic hydroxyl groups excluding tert-OH is 3. The molecule has 0 aromatic heterocycles. The number of hydrogen-bond donors (Lipinski definition) is 4. The second-order valence-electron chi connectivity index (χ2n) is 14.5. The van der Waals surface area contributed by atoms with Gasteiger partial charge in [0.1, 0.15) is 0 Å². The molecule has 0 unspecified atom stereocenters. The summed E-state index contributed by atoms with van der Waals surface area (Å²) >= 11 is 0. The second-order valence-corrected chi connectivity index (χ2v) is 14.5. The van der Waals surface area contributed by atoms with E-state index in [1.807, 2.05) is 6.08 Å². The highest BCUT2D eigenvalue weighted by Gasteiger charge is 2.85. The highest BCUT2D eigenvalue weighted by molar-refractivity contribution is 5.85. The minimum absolute atomic E-state index is 0.109. The molecule has 0 saturated heterocycles. The Morgan fingerprint density at radius 3 is 2.31 bits per heavy atom. The molecule has 5 saturated carbocycles. The van der Waals surface area contributed by atoms with Crippen molar-refractivity contribution in [3.8, 4) is 0 Å². The Morgan fingerprint density at radius 1 is 1.00 bits per heavy atom. The van der Waals surface area contributed by atoms with E-state index >= 15 is 0 Å². The molecule has 5 nitrogen and oxygen atoms in total. The van der Waals surface area contributed by atoms with Gasteiger partial charge in [0.2, 0.25) is 0 Å².